The van der Waals surface area contributed by atoms with Crippen molar-refractivity contribution in [1.82, 2.24) is 20.2 Å². The van der Waals surface area contributed by atoms with Gasteiger partial charge in [0, 0.05) is 44.7 Å². The topological polar surface area (TPSA) is 105 Å². The first-order chi connectivity index (χ1) is 13.1. The third-order valence-corrected chi connectivity index (χ3v) is 4.42. The van der Waals surface area contributed by atoms with E-state index >= 15 is 0 Å². The molecule has 1 aliphatic rings. The number of piperidine rings is 1. The molecule has 2 aromatic rings. The Kier molecular flexibility index (Phi) is 6.19. The van der Waals surface area contributed by atoms with Crippen molar-refractivity contribution in [3.63, 3.8) is 0 Å². The molecule has 0 bridgehead atoms. The van der Waals surface area contributed by atoms with E-state index in [-0.39, 0.29) is 18.6 Å². The monoisotopic (exact) mass is 370 g/mol. The van der Waals surface area contributed by atoms with Crippen molar-refractivity contribution < 1.29 is 19.4 Å². The number of aliphatic carboxylic acids is 1. The molecule has 8 nitrogen and oxygen atoms in total. The number of amides is 2. The summed E-state index contributed by atoms with van der Waals surface area (Å²) in [6.45, 7) is 0.974. The number of benzene rings is 1. The number of nitrogens with zero attached hydrogens (tertiary/aromatic N) is 3. The average Bonchev–Trinajstić information content (AvgIpc) is 2.69. The van der Waals surface area contributed by atoms with E-state index in [2.05, 4.69) is 15.3 Å². The number of aromatic nitrogens is 2. The minimum atomic E-state index is -1.05. The molecule has 142 valence electrons. The Morgan fingerprint density at radius 1 is 1.15 bits per heavy atom. The highest BCUT2D eigenvalue weighted by molar-refractivity contribution is 5.82. The fourth-order valence-electron chi connectivity index (χ4n) is 2.96. The van der Waals surface area contributed by atoms with Gasteiger partial charge in [-0.15, -0.1) is 0 Å². The molecule has 0 aliphatic carbocycles. The standard InChI is InChI=1S/C19H22N4O4/c24-17(25)16(13-14-5-2-1-3-6-14)22-19(26)23-11-7-15(8-12-23)27-18-20-9-4-10-21-18/h1-6,9-10,15-16H,7-8,11-13H2,(H,22,26)(H,24,25)/t16-/m0/s1. The molecule has 2 N–H and O–H groups in total. The maximum absolute atomic E-state index is 12.5. The molecule has 1 aromatic carbocycles. The van der Waals surface area contributed by atoms with Gasteiger partial charge in [0.1, 0.15) is 12.1 Å². The number of carboxylic acids is 1. The molecule has 2 amide bonds. The molecule has 8 heteroatoms. The van der Waals surface area contributed by atoms with Gasteiger partial charge < -0.3 is 20.1 Å². The summed E-state index contributed by atoms with van der Waals surface area (Å²) in [7, 11) is 0. The largest absolute Gasteiger partial charge is 0.480 e. The molecule has 1 aliphatic heterocycles. The van der Waals surface area contributed by atoms with Gasteiger partial charge in [0.25, 0.3) is 0 Å². The lowest BCUT2D eigenvalue weighted by Gasteiger charge is -2.32. The Morgan fingerprint density at radius 3 is 2.44 bits per heavy atom. The van der Waals surface area contributed by atoms with Crippen LogP contribution in [0.4, 0.5) is 4.79 Å². The number of carbonyl (C=O) groups is 2. The van der Waals surface area contributed by atoms with Crippen molar-refractivity contribution in [1.29, 1.82) is 0 Å². The molecule has 0 radical (unpaired) electrons. The predicted octanol–water partition coefficient (Wildman–Crippen LogP) is 1.73. The van der Waals surface area contributed by atoms with E-state index in [1.54, 1.807) is 23.4 Å². The van der Waals surface area contributed by atoms with Gasteiger partial charge in [-0.3, -0.25) is 0 Å². The number of nitrogens with one attached hydrogen (secondary N) is 1. The van der Waals surface area contributed by atoms with Crippen molar-refractivity contribution in [2.75, 3.05) is 13.1 Å². The normalized spacial score (nSPS) is 15.8. The number of carbonyl (C=O) groups excluding carboxylic acids is 1. The number of likely N-dealkylation sites (tertiary alicyclic amines) is 1. The van der Waals surface area contributed by atoms with Gasteiger partial charge in [0.2, 0.25) is 0 Å². The summed E-state index contributed by atoms with van der Waals surface area (Å²) in [4.78, 5) is 33.7. The van der Waals surface area contributed by atoms with Crippen LogP contribution in [0.15, 0.2) is 48.8 Å². The third-order valence-electron chi connectivity index (χ3n) is 4.42. The summed E-state index contributed by atoms with van der Waals surface area (Å²) >= 11 is 0. The highest BCUT2D eigenvalue weighted by atomic mass is 16.5. The van der Waals surface area contributed by atoms with Gasteiger partial charge in [-0.1, -0.05) is 30.3 Å². The van der Waals surface area contributed by atoms with Crippen molar-refractivity contribution >= 4 is 12.0 Å². The van der Waals surface area contributed by atoms with Crippen LogP contribution >= 0.6 is 0 Å². The molecule has 1 fully saturated rings. The fraction of sp³-hybridized carbons (Fsp3) is 0.368. The Hall–Kier alpha value is -3.16. The van der Waals surface area contributed by atoms with E-state index in [1.807, 2.05) is 30.3 Å². The van der Waals surface area contributed by atoms with Crippen LogP contribution in [0.2, 0.25) is 0 Å². The summed E-state index contributed by atoms with van der Waals surface area (Å²) < 4.78 is 5.71. The van der Waals surface area contributed by atoms with Crippen molar-refractivity contribution in [2.24, 2.45) is 0 Å². The van der Waals surface area contributed by atoms with E-state index < -0.39 is 12.0 Å². The molecule has 0 spiro atoms. The van der Waals surface area contributed by atoms with Gasteiger partial charge in [0.15, 0.2) is 0 Å². The number of carboxylic acid groups (broad SMARTS) is 1. The Labute approximate surface area is 157 Å². The number of rotatable bonds is 6. The van der Waals surface area contributed by atoms with E-state index in [0.29, 0.717) is 31.9 Å². The van der Waals surface area contributed by atoms with Crippen LogP contribution in [0.25, 0.3) is 0 Å². The number of urea groups is 1. The Morgan fingerprint density at radius 2 is 1.81 bits per heavy atom. The minimum Gasteiger partial charge on any atom is -0.480 e. The zero-order valence-electron chi connectivity index (χ0n) is 14.8. The lowest BCUT2D eigenvalue weighted by Crippen LogP contribution is -2.51. The molecule has 1 saturated heterocycles. The molecular weight excluding hydrogens is 348 g/mol. The SMILES string of the molecule is O=C(O)[C@H](Cc1ccccc1)NC(=O)N1CCC(Oc2ncccn2)CC1. The van der Waals surface area contributed by atoms with Crippen LogP contribution in [0.3, 0.4) is 0 Å². The molecule has 1 atom stereocenters. The van der Waals surface area contributed by atoms with Crippen LogP contribution < -0.4 is 10.1 Å². The summed E-state index contributed by atoms with van der Waals surface area (Å²) in [5.74, 6) is -1.05. The van der Waals surface area contributed by atoms with E-state index in [0.717, 1.165) is 5.56 Å². The molecule has 27 heavy (non-hydrogen) atoms. The lowest BCUT2D eigenvalue weighted by atomic mass is 10.1. The first-order valence-electron chi connectivity index (χ1n) is 8.87. The van der Waals surface area contributed by atoms with Crippen molar-refractivity contribution in [3.05, 3.63) is 54.4 Å². The second-order valence-electron chi connectivity index (χ2n) is 6.37. The maximum Gasteiger partial charge on any atom is 0.326 e. The van der Waals surface area contributed by atoms with Crippen LogP contribution in [0, 0.1) is 0 Å². The van der Waals surface area contributed by atoms with E-state index in [9.17, 15) is 14.7 Å². The Bertz CT molecular complexity index is 749. The molecule has 2 heterocycles. The van der Waals surface area contributed by atoms with Gasteiger partial charge in [0.05, 0.1) is 0 Å². The fourth-order valence-corrected chi connectivity index (χ4v) is 2.96. The van der Waals surface area contributed by atoms with Crippen molar-refractivity contribution in [3.8, 4) is 6.01 Å². The summed E-state index contributed by atoms with van der Waals surface area (Å²) in [6.07, 6.45) is 4.70. The first kappa shape index (κ1) is 18.6. The van der Waals surface area contributed by atoms with E-state index in [1.165, 1.54) is 0 Å². The molecular formula is C19H22N4O4. The number of hydrogen-bond donors (Lipinski definition) is 2. The second kappa shape index (κ2) is 8.98. The molecule has 0 unspecified atom stereocenters. The highest BCUT2D eigenvalue weighted by Gasteiger charge is 2.27. The highest BCUT2D eigenvalue weighted by Crippen LogP contribution is 2.16. The van der Waals surface area contributed by atoms with E-state index in [4.69, 9.17) is 4.74 Å². The van der Waals surface area contributed by atoms with Gasteiger partial charge in [-0.25, -0.2) is 19.6 Å². The first-order valence-corrected chi connectivity index (χ1v) is 8.87. The van der Waals surface area contributed by atoms with Crippen LogP contribution in [0.1, 0.15) is 18.4 Å². The smallest absolute Gasteiger partial charge is 0.326 e. The number of ether oxygens (including phenoxy) is 1. The summed E-state index contributed by atoms with van der Waals surface area (Å²) in [5.41, 5.74) is 0.861. The summed E-state index contributed by atoms with van der Waals surface area (Å²) in [6, 6.07) is 9.95. The zero-order chi connectivity index (χ0) is 19.1. The van der Waals surface area contributed by atoms with Gasteiger partial charge >= 0.3 is 18.0 Å². The second-order valence-corrected chi connectivity index (χ2v) is 6.37. The third kappa shape index (κ3) is 5.40. The molecule has 1 aromatic heterocycles. The predicted molar refractivity (Wildman–Crippen MR) is 97.4 cm³/mol. The van der Waals surface area contributed by atoms with Crippen molar-refractivity contribution in [2.45, 2.75) is 31.4 Å². The summed E-state index contributed by atoms with van der Waals surface area (Å²) in [5, 5.41) is 12.0. The quantitative estimate of drug-likeness (QED) is 0.802. The Balaban J connectivity index is 1.49. The lowest BCUT2D eigenvalue weighted by molar-refractivity contribution is -0.139. The average molecular weight is 370 g/mol. The minimum absolute atomic E-state index is 0.0592. The molecule has 3 rings (SSSR count). The van der Waals surface area contributed by atoms with Gasteiger partial charge in [-0.05, 0) is 11.6 Å². The maximum atomic E-state index is 12.5. The molecule has 0 saturated carbocycles. The van der Waals surface area contributed by atoms with Crippen LogP contribution in [-0.4, -0.2) is 57.2 Å². The van der Waals surface area contributed by atoms with Gasteiger partial charge in [-0.2, -0.15) is 0 Å². The number of hydrogen-bond acceptors (Lipinski definition) is 5. The van der Waals surface area contributed by atoms with Crippen LogP contribution in [0.5, 0.6) is 6.01 Å². The van der Waals surface area contributed by atoms with Crippen LogP contribution in [-0.2, 0) is 11.2 Å². The zero-order valence-corrected chi connectivity index (χ0v) is 14.8.